The number of hydrogen-bond donors (Lipinski definition) is 2. The van der Waals surface area contributed by atoms with Gasteiger partial charge in [-0.1, -0.05) is 39.0 Å². The lowest BCUT2D eigenvalue weighted by atomic mass is 9.87. The average Bonchev–Trinajstić information content (AvgIpc) is 2.35. The van der Waals surface area contributed by atoms with E-state index in [9.17, 15) is 4.79 Å². The van der Waals surface area contributed by atoms with Crippen LogP contribution in [-0.4, -0.2) is 18.6 Å². The van der Waals surface area contributed by atoms with Crippen molar-refractivity contribution in [2.75, 3.05) is 11.9 Å². The van der Waals surface area contributed by atoms with Gasteiger partial charge in [-0.3, -0.25) is 4.79 Å². The number of benzene rings is 1. The second kappa shape index (κ2) is 6.68. The second-order valence-electron chi connectivity index (χ2n) is 5.63. The maximum Gasteiger partial charge on any atom is 0.241 e. The smallest absolute Gasteiger partial charge is 0.241 e. The van der Waals surface area contributed by atoms with Gasteiger partial charge in [0.15, 0.2) is 0 Å². The van der Waals surface area contributed by atoms with E-state index in [4.69, 9.17) is 10.5 Å². The Morgan fingerprint density at radius 2 is 2.00 bits per heavy atom. The zero-order valence-corrected chi connectivity index (χ0v) is 12.2. The van der Waals surface area contributed by atoms with Crippen LogP contribution in [0.4, 0.5) is 5.69 Å². The molecule has 19 heavy (non-hydrogen) atoms. The van der Waals surface area contributed by atoms with Gasteiger partial charge >= 0.3 is 0 Å². The minimum absolute atomic E-state index is 0.170. The molecule has 1 rings (SSSR count). The molecule has 4 heteroatoms. The van der Waals surface area contributed by atoms with Gasteiger partial charge in [0.1, 0.15) is 0 Å². The predicted octanol–water partition coefficient (Wildman–Crippen LogP) is 2.54. The summed E-state index contributed by atoms with van der Waals surface area (Å²) in [7, 11) is 0. The summed E-state index contributed by atoms with van der Waals surface area (Å²) in [6.07, 6.45) is 0. The first-order valence-corrected chi connectivity index (χ1v) is 6.58. The monoisotopic (exact) mass is 264 g/mol. The highest BCUT2D eigenvalue weighted by molar-refractivity contribution is 5.95. The summed E-state index contributed by atoms with van der Waals surface area (Å²) in [4.78, 5) is 12.1. The third-order valence-electron chi connectivity index (χ3n) is 2.95. The summed E-state index contributed by atoms with van der Waals surface area (Å²) in [5.41, 5.74) is 7.41. The second-order valence-corrected chi connectivity index (χ2v) is 5.63. The Kier molecular flexibility index (Phi) is 5.51. The molecule has 0 heterocycles. The summed E-state index contributed by atoms with van der Waals surface area (Å²) < 4.78 is 5.39. The fraction of sp³-hybridized carbons (Fsp3) is 0.533. The molecule has 0 aliphatic heterocycles. The average molecular weight is 264 g/mol. The van der Waals surface area contributed by atoms with E-state index in [1.807, 2.05) is 52.0 Å². The van der Waals surface area contributed by atoms with Crippen molar-refractivity contribution in [1.29, 1.82) is 0 Å². The minimum Gasteiger partial charge on any atom is -0.377 e. The van der Waals surface area contributed by atoms with E-state index in [1.54, 1.807) is 0 Å². The maximum atomic E-state index is 12.1. The number of nitrogens with one attached hydrogen (secondary N) is 1. The Morgan fingerprint density at radius 3 is 2.58 bits per heavy atom. The third-order valence-corrected chi connectivity index (χ3v) is 2.95. The van der Waals surface area contributed by atoms with Crippen LogP contribution in [0.3, 0.4) is 0 Å². The van der Waals surface area contributed by atoms with Crippen LogP contribution in [0.1, 0.15) is 33.3 Å². The summed E-state index contributed by atoms with van der Waals surface area (Å²) in [5.74, 6) is -0.170. The summed E-state index contributed by atoms with van der Waals surface area (Å²) in [5, 5.41) is 2.88. The molecule has 3 N–H and O–H groups in total. The highest BCUT2D eigenvalue weighted by atomic mass is 16.5. The van der Waals surface area contributed by atoms with Gasteiger partial charge in [0.25, 0.3) is 0 Å². The molecule has 1 aromatic rings. The first-order chi connectivity index (χ1) is 8.86. The van der Waals surface area contributed by atoms with Gasteiger partial charge in [-0.15, -0.1) is 0 Å². The number of nitrogens with two attached hydrogens (primary N) is 1. The largest absolute Gasteiger partial charge is 0.377 e. The van der Waals surface area contributed by atoms with E-state index in [-0.39, 0.29) is 11.3 Å². The van der Waals surface area contributed by atoms with Crippen LogP contribution in [0.5, 0.6) is 0 Å². The molecule has 0 spiro atoms. The Hall–Kier alpha value is -1.39. The predicted molar refractivity (Wildman–Crippen MR) is 77.8 cm³/mol. The molecule has 0 aromatic heterocycles. The molecule has 0 aliphatic rings. The van der Waals surface area contributed by atoms with Gasteiger partial charge in [0.2, 0.25) is 5.91 Å². The Morgan fingerprint density at radius 1 is 1.37 bits per heavy atom. The third kappa shape index (κ3) is 4.65. The van der Waals surface area contributed by atoms with Crippen LogP contribution in [0.15, 0.2) is 24.3 Å². The van der Waals surface area contributed by atoms with E-state index < -0.39 is 6.04 Å². The van der Waals surface area contributed by atoms with Crippen molar-refractivity contribution in [2.24, 2.45) is 11.1 Å². The van der Waals surface area contributed by atoms with Crippen molar-refractivity contribution in [3.8, 4) is 0 Å². The highest BCUT2D eigenvalue weighted by Gasteiger charge is 2.27. The van der Waals surface area contributed by atoms with Gasteiger partial charge in [-0.25, -0.2) is 0 Å². The molecule has 0 aliphatic carbocycles. The van der Waals surface area contributed by atoms with Gasteiger partial charge in [0, 0.05) is 17.9 Å². The number of amides is 1. The van der Waals surface area contributed by atoms with Crippen molar-refractivity contribution >= 4 is 11.6 Å². The summed E-state index contributed by atoms with van der Waals surface area (Å²) in [6, 6.07) is 7.06. The Labute approximate surface area is 115 Å². The fourth-order valence-electron chi connectivity index (χ4n) is 1.58. The molecule has 1 atom stereocenters. The topological polar surface area (TPSA) is 64.3 Å². The quantitative estimate of drug-likeness (QED) is 0.859. The zero-order chi connectivity index (χ0) is 14.5. The van der Waals surface area contributed by atoms with Crippen molar-refractivity contribution in [1.82, 2.24) is 0 Å². The zero-order valence-electron chi connectivity index (χ0n) is 12.2. The molecule has 4 nitrogen and oxygen atoms in total. The van der Waals surface area contributed by atoms with Gasteiger partial charge in [-0.05, 0) is 18.4 Å². The molecular weight excluding hydrogens is 240 g/mol. The number of carbonyl (C=O) groups excluding carboxylic acids is 1. The Bertz CT molecular complexity index is 424. The van der Waals surface area contributed by atoms with Crippen LogP contribution in [0, 0.1) is 5.41 Å². The number of anilines is 1. The van der Waals surface area contributed by atoms with Crippen LogP contribution in [0.2, 0.25) is 0 Å². The number of ether oxygens (including phenoxy) is 1. The maximum absolute atomic E-state index is 12.1. The van der Waals surface area contributed by atoms with Crippen LogP contribution in [-0.2, 0) is 16.1 Å². The number of carbonyl (C=O) groups is 1. The van der Waals surface area contributed by atoms with Crippen molar-refractivity contribution in [2.45, 2.75) is 40.3 Å². The van der Waals surface area contributed by atoms with E-state index in [2.05, 4.69) is 5.32 Å². The van der Waals surface area contributed by atoms with Gasteiger partial charge < -0.3 is 15.8 Å². The van der Waals surface area contributed by atoms with E-state index in [0.29, 0.717) is 13.2 Å². The molecule has 0 fully saturated rings. The molecular formula is C15H24N2O2. The normalized spacial score (nSPS) is 13.1. The first-order valence-electron chi connectivity index (χ1n) is 6.58. The molecule has 0 radical (unpaired) electrons. The molecule has 0 unspecified atom stereocenters. The molecule has 1 amide bonds. The first kappa shape index (κ1) is 15.7. The highest BCUT2D eigenvalue weighted by Crippen LogP contribution is 2.21. The lowest BCUT2D eigenvalue weighted by molar-refractivity contribution is -0.119. The van der Waals surface area contributed by atoms with Gasteiger partial charge in [0.05, 0.1) is 12.6 Å². The van der Waals surface area contributed by atoms with Crippen LogP contribution < -0.4 is 11.1 Å². The summed E-state index contributed by atoms with van der Waals surface area (Å²) in [6.45, 7) is 8.91. The number of rotatable bonds is 5. The molecule has 0 bridgehead atoms. The SMILES string of the molecule is CCOCc1ccccc1NC(=O)[C@@H](N)C(C)(C)C. The molecule has 0 saturated carbocycles. The van der Waals surface area contributed by atoms with E-state index in [0.717, 1.165) is 11.3 Å². The van der Waals surface area contributed by atoms with Crippen LogP contribution in [0.25, 0.3) is 0 Å². The lowest BCUT2D eigenvalue weighted by Gasteiger charge is -2.26. The number of para-hydroxylation sites is 1. The van der Waals surface area contributed by atoms with E-state index >= 15 is 0 Å². The molecule has 1 aromatic carbocycles. The minimum atomic E-state index is -0.548. The van der Waals surface area contributed by atoms with Crippen molar-refractivity contribution in [3.63, 3.8) is 0 Å². The molecule has 0 saturated heterocycles. The standard InChI is InChI=1S/C15H24N2O2/c1-5-19-10-11-8-6-7-9-12(11)17-14(18)13(16)15(2,3)4/h6-9,13H,5,10,16H2,1-4H3,(H,17,18)/t13-/m1/s1. The van der Waals surface area contributed by atoms with Crippen molar-refractivity contribution < 1.29 is 9.53 Å². The molecule has 106 valence electrons. The van der Waals surface area contributed by atoms with Gasteiger partial charge in [-0.2, -0.15) is 0 Å². The van der Waals surface area contributed by atoms with Crippen LogP contribution >= 0.6 is 0 Å². The van der Waals surface area contributed by atoms with E-state index in [1.165, 1.54) is 0 Å². The lowest BCUT2D eigenvalue weighted by Crippen LogP contribution is -2.45. The summed E-state index contributed by atoms with van der Waals surface area (Å²) >= 11 is 0. The fourth-order valence-corrected chi connectivity index (χ4v) is 1.58. The Balaban J connectivity index is 2.79. The van der Waals surface area contributed by atoms with Crippen molar-refractivity contribution in [3.05, 3.63) is 29.8 Å². The number of hydrogen-bond acceptors (Lipinski definition) is 3.